The molecular formula is C12H20O4. The van der Waals surface area contributed by atoms with Crippen LogP contribution in [0.2, 0.25) is 0 Å². The Morgan fingerprint density at radius 3 is 1.88 bits per heavy atom. The van der Waals surface area contributed by atoms with E-state index in [0.717, 1.165) is 6.08 Å². The SMILES string of the molecule is C=CC(=O)OC(C)(C)C.CC=COC(C)=O. The molecule has 0 saturated carbocycles. The predicted octanol–water partition coefficient (Wildman–Crippen LogP) is 2.60. The van der Waals surface area contributed by atoms with E-state index >= 15 is 0 Å². The Balaban J connectivity index is 0. The standard InChI is InChI=1S/C7H12O2.C5H8O2/c1-5-6(8)9-7(2,3)4;1-3-4-7-5(2)6/h5H,1H2,2-4H3;3-4H,1-2H3. The van der Waals surface area contributed by atoms with E-state index in [1.807, 2.05) is 20.8 Å². The number of rotatable bonds is 2. The first-order chi connectivity index (χ1) is 7.22. The highest BCUT2D eigenvalue weighted by molar-refractivity contribution is 5.81. The molecule has 4 nitrogen and oxygen atoms in total. The van der Waals surface area contributed by atoms with E-state index in [4.69, 9.17) is 4.74 Å². The average Bonchev–Trinajstić information content (AvgIpc) is 2.13. The molecule has 0 aromatic rings. The average molecular weight is 228 g/mol. The molecule has 16 heavy (non-hydrogen) atoms. The summed E-state index contributed by atoms with van der Waals surface area (Å²) >= 11 is 0. The van der Waals surface area contributed by atoms with Crippen molar-refractivity contribution in [3.63, 3.8) is 0 Å². The molecule has 0 saturated heterocycles. The maximum atomic E-state index is 10.5. The second kappa shape index (κ2) is 8.71. The molecule has 0 heterocycles. The molecule has 0 amide bonds. The Bertz CT molecular complexity index is 259. The molecule has 0 aromatic carbocycles. The summed E-state index contributed by atoms with van der Waals surface area (Å²) in [6.07, 6.45) is 4.16. The van der Waals surface area contributed by atoms with Crippen molar-refractivity contribution in [2.45, 2.75) is 40.2 Å². The molecule has 0 spiro atoms. The van der Waals surface area contributed by atoms with Crippen LogP contribution in [0.1, 0.15) is 34.6 Å². The molecule has 92 valence electrons. The van der Waals surface area contributed by atoms with E-state index in [0.29, 0.717) is 0 Å². The Morgan fingerprint density at radius 1 is 1.25 bits per heavy atom. The number of carbonyl (C=O) groups excluding carboxylic acids is 2. The molecular weight excluding hydrogens is 208 g/mol. The number of allylic oxidation sites excluding steroid dienone is 1. The van der Waals surface area contributed by atoms with Crippen molar-refractivity contribution in [3.05, 3.63) is 25.0 Å². The summed E-state index contributed by atoms with van der Waals surface area (Å²) < 4.78 is 9.20. The topological polar surface area (TPSA) is 52.6 Å². The zero-order chi connectivity index (χ0) is 13.2. The molecule has 0 fully saturated rings. The lowest BCUT2D eigenvalue weighted by Gasteiger charge is -2.17. The van der Waals surface area contributed by atoms with Gasteiger partial charge in [0.05, 0.1) is 6.26 Å². The maximum absolute atomic E-state index is 10.5. The monoisotopic (exact) mass is 228 g/mol. The van der Waals surface area contributed by atoms with Crippen molar-refractivity contribution in [2.75, 3.05) is 0 Å². The summed E-state index contributed by atoms with van der Waals surface area (Å²) in [6, 6.07) is 0. The van der Waals surface area contributed by atoms with Gasteiger partial charge in [0.25, 0.3) is 0 Å². The lowest BCUT2D eigenvalue weighted by atomic mass is 10.2. The van der Waals surface area contributed by atoms with E-state index in [1.54, 1.807) is 13.0 Å². The van der Waals surface area contributed by atoms with E-state index in [-0.39, 0.29) is 11.9 Å². The van der Waals surface area contributed by atoms with Gasteiger partial charge in [0.2, 0.25) is 0 Å². The lowest BCUT2D eigenvalue weighted by Crippen LogP contribution is -2.22. The molecule has 0 bridgehead atoms. The largest absolute Gasteiger partial charge is 0.457 e. The first kappa shape index (κ1) is 16.8. The van der Waals surface area contributed by atoms with Gasteiger partial charge in [0.15, 0.2) is 0 Å². The van der Waals surface area contributed by atoms with Gasteiger partial charge in [-0.2, -0.15) is 0 Å². The summed E-state index contributed by atoms with van der Waals surface area (Å²) in [5.41, 5.74) is -0.398. The Hall–Kier alpha value is -1.58. The molecule has 0 rings (SSSR count). The van der Waals surface area contributed by atoms with Crippen molar-refractivity contribution in [1.29, 1.82) is 0 Å². The molecule has 0 aromatic heterocycles. The van der Waals surface area contributed by atoms with Crippen LogP contribution in [0.5, 0.6) is 0 Å². The summed E-state index contributed by atoms with van der Waals surface area (Å²) in [6.45, 7) is 11.9. The second-order valence-corrected chi connectivity index (χ2v) is 3.82. The van der Waals surface area contributed by atoms with E-state index in [1.165, 1.54) is 13.2 Å². The molecule has 0 aliphatic carbocycles. The van der Waals surface area contributed by atoms with Crippen LogP contribution in [0.3, 0.4) is 0 Å². The second-order valence-electron chi connectivity index (χ2n) is 3.82. The zero-order valence-corrected chi connectivity index (χ0v) is 10.6. The van der Waals surface area contributed by atoms with Crippen LogP contribution in [0.15, 0.2) is 25.0 Å². The van der Waals surface area contributed by atoms with Gasteiger partial charge in [-0.1, -0.05) is 12.7 Å². The Labute approximate surface area is 96.9 Å². The zero-order valence-electron chi connectivity index (χ0n) is 10.6. The molecule has 4 heteroatoms. The van der Waals surface area contributed by atoms with Gasteiger partial charge in [-0.05, 0) is 27.7 Å². The smallest absolute Gasteiger partial charge is 0.330 e. The van der Waals surface area contributed by atoms with Crippen LogP contribution in [0.4, 0.5) is 0 Å². The quantitative estimate of drug-likeness (QED) is 0.414. The number of ether oxygens (including phenoxy) is 2. The van der Waals surface area contributed by atoms with E-state index < -0.39 is 5.60 Å². The lowest BCUT2D eigenvalue weighted by molar-refractivity contribution is -0.148. The highest BCUT2D eigenvalue weighted by Crippen LogP contribution is 2.06. The van der Waals surface area contributed by atoms with E-state index in [9.17, 15) is 9.59 Å². The van der Waals surface area contributed by atoms with Gasteiger partial charge >= 0.3 is 11.9 Å². The predicted molar refractivity (Wildman–Crippen MR) is 62.6 cm³/mol. The van der Waals surface area contributed by atoms with Crippen molar-refractivity contribution in [3.8, 4) is 0 Å². The minimum Gasteiger partial charge on any atom is -0.457 e. The van der Waals surface area contributed by atoms with Crippen molar-refractivity contribution >= 4 is 11.9 Å². The Morgan fingerprint density at radius 2 is 1.75 bits per heavy atom. The summed E-state index contributed by atoms with van der Waals surface area (Å²) in [5.74, 6) is -0.652. The fourth-order valence-electron chi connectivity index (χ4n) is 0.507. The molecule has 0 N–H and O–H groups in total. The van der Waals surface area contributed by atoms with Gasteiger partial charge < -0.3 is 9.47 Å². The van der Waals surface area contributed by atoms with Crippen LogP contribution >= 0.6 is 0 Å². The third-order valence-corrected chi connectivity index (χ3v) is 0.944. The normalized spacial score (nSPS) is 10.1. The molecule has 0 aliphatic rings. The van der Waals surface area contributed by atoms with Crippen LogP contribution < -0.4 is 0 Å². The minimum absolute atomic E-state index is 0.280. The van der Waals surface area contributed by atoms with Crippen molar-refractivity contribution in [1.82, 2.24) is 0 Å². The van der Waals surface area contributed by atoms with Crippen LogP contribution in [0, 0.1) is 0 Å². The minimum atomic E-state index is -0.398. The fraction of sp³-hybridized carbons (Fsp3) is 0.500. The molecule has 0 unspecified atom stereocenters. The number of hydrogen-bond donors (Lipinski definition) is 0. The fourth-order valence-corrected chi connectivity index (χ4v) is 0.507. The molecule has 0 atom stereocenters. The third kappa shape index (κ3) is 18.3. The summed E-state index contributed by atoms with van der Waals surface area (Å²) in [5, 5.41) is 0. The van der Waals surface area contributed by atoms with Gasteiger partial charge in [-0.15, -0.1) is 0 Å². The molecule has 0 aliphatic heterocycles. The first-order valence-corrected chi connectivity index (χ1v) is 4.86. The first-order valence-electron chi connectivity index (χ1n) is 4.86. The van der Waals surface area contributed by atoms with Crippen molar-refractivity contribution in [2.24, 2.45) is 0 Å². The van der Waals surface area contributed by atoms with E-state index in [2.05, 4.69) is 11.3 Å². The van der Waals surface area contributed by atoms with Crippen LogP contribution in [-0.4, -0.2) is 17.5 Å². The maximum Gasteiger partial charge on any atom is 0.330 e. The number of carbonyl (C=O) groups is 2. The van der Waals surface area contributed by atoms with Gasteiger partial charge in [0.1, 0.15) is 5.60 Å². The number of esters is 2. The highest BCUT2D eigenvalue weighted by atomic mass is 16.6. The third-order valence-electron chi connectivity index (χ3n) is 0.944. The summed E-state index contributed by atoms with van der Waals surface area (Å²) in [4.78, 5) is 20.4. The van der Waals surface area contributed by atoms with Gasteiger partial charge in [0, 0.05) is 13.0 Å². The van der Waals surface area contributed by atoms with Crippen LogP contribution in [0.25, 0.3) is 0 Å². The van der Waals surface area contributed by atoms with Gasteiger partial charge in [-0.3, -0.25) is 4.79 Å². The number of hydrogen-bond acceptors (Lipinski definition) is 4. The van der Waals surface area contributed by atoms with Crippen LogP contribution in [-0.2, 0) is 19.1 Å². The van der Waals surface area contributed by atoms with Crippen molar-refractivity contribution < 1.29 is 19.1 Å². The molecule has 0 radical (unpaired) electrons. The Kier molecular flexibility index (Phi) is 9.16. The van der Waals surface area contributed by atoms with Gasteiger partial charge in [-0.25, -0.2) is 4.79 Å². The summed E-state index contributed by atoms with van der Waals surface area (Å²) in [7, 11) is 0. The highest BCUT2D eigenvalue weighted by Gasteiger charge is 2.12.